The van der Waals surface area contributed by atoms with E-state index in [2.05, 4.69) is 22.4 Å². The third-order valence-corrected chi connectivity index (χ3v) is 3.06. The van der Waals surface area contributed by atoms with Gasteiger partial charge < -0.3 is 4.74 Å². The minimum atomic E-state index is 0.705. The molecule has 0 saturated carbocycles. The number of nitrogens with zero attached hydrogens (tertiary/aromatic N) is 3. The number of hydrogen-bond acceptors (Lipinski definition) is 3. The summed E-state index contributed by atoms with van der Waals surface area (Å²) < 4.78 is 7.37. The average Bonchev–Trinajstić information content (AvgIpc) is 2.81. The molecule has 0 atom stereocenters. The van der Waals surface area contributed by atoms with Crippen molar-refractivity contribution in [3.05, 3.63) is 41.2 Å². The third kappa shape index (κ3) is 4.37. The van der Waals surface area contributed by atoms with Gasteiger partial charge >= 0.3 is 0 Å². The van der Waals surface area contributed by atoms with E-state index in [0.29, 0.717) is 6.61 Å². The van der Waals surface area contributed by atoms with Crippen molar-refractivity contribution < 1.29 is 4.74 Å². The van der Waals surface area contributed by atoms with Crippen LogP contribution in [0.1, 0.15) is 37.7 Å². The molecule has 0 fully saturated rings. The van der Waals surface area contributed by atoms with Gasteiger partial charge in [-0.3, -0.25) is 0 Å². The molecule has 0 saturated heterocycles. The van der Waals surface area contributed by atoms with Crippen molar-refractivity contribution in [3.8, 4) is 5.75 Å². The Morgan fingerprint density at radius 3 is 2.25 bits per heavy atom. The van der Waals surface area contributed by atoms with E-state index in [1.165, 1.54) is 5.56 Å². The average molecular weight is 275 g/mol. The topological polar surface area (TPSA) is 39.9 Å². The van der Waals surface area contributed by atoms with Crippen molar-refractivity contribution in [3.63, 3.8) is 0 Å². The van der Waals surface area contributed by atoms with Crippen LogP contribution in [-0.2, 0) is 13.0 Å². The molecule has 2 rings (SSSR count). The first-order valence-electron chi connectivity index (χ1n) is 7.29. The summed E-state index contributed by atoms with van der Waals surface area (Å²) in [5, 5.41) is 8.18. The molecule has 0 bridgehead atoms. The van der Waals surface area contributed by atoms with E-state index in [1.54, 1.807) is 0 Å². The van der Waals surface area contributed by atoms with Gasteiger partial charge in [-0.15, -0.1) is 5.10 Å². The van der Waals surface area contributed by atoms with Crippen molar-refractivity contribution in [2.24, 2.45) is 0 Å². The van der Waals surface area contributed by atoms with Gasteiger partial charge in [-0.1, -0.05) is 31.2 Å². The van der Waals surface area contributed by atoms with E-state index in [9.17, 15) is 0 Å². The summed E-state index contributed by atoms with van der Waals surface area (Å²) in [6.07, 6.45) is 0.954. The van der Waals surface area contributed by atoms with Gasteiger partial charge in [-0.25, -0.2) is 4.68 Å². The predicted octanol–water partition coefficient (Wildman–Crippen LogP) is 3.56. The van der Waals surface area contributed by atoms with Crippen LogP contribution in [-0.4, -0.2) is 21.6 Å². The normalized spacial score (nSPS) is 9.85. The first kappa shape index (κ1) is 16.2. The van der Waals surface area contributed by atoms with Gasteiger partial charge in [0.15, 0.2) is 0 Å². The van der Waals surface area contributed by atoms with Crippen molar-refractivity contribution in [1.82, 2.24) is 15.0 Å². The SMILES string of the molecule is CC.CCOc1ccc(CCn2nnc(C)c2C)cc1. The summed E-state index contributed by atoms with van der Waals surface area (Å²) >= 11 is 0. The summed E-state index contributed by atoms with van der Waals surface area (Å²) in [6.45, 7) is 11.6. The fourth-order valence-electron chi connectivity index (χ4n) is 1.81. The Bertz CT molecular complexity index is 503. The smallest absolute Gasteiger partial charge is 0.119 e. The zero-order valence-electron chi connectivity index (χ0n) is 13.2. The predicted molar refractivity (Wildman–Crippen MR) is 82.2 cm³/mol. The zero-order valence-corrected chi connectivity index (χ0v) is 13.2. The van der Waals surface area contributed by atoms with Gasteiger partial charge in [0.25, 0.3) is 0 Å². The maximum Gasteiger partial charge on any atom is 0.119 e. The van der Waals surface area contributed by atoms with E-state index in [-0.39, 0.29) is 0 Å². The highest BCUT2D eigenvalue weighted by molar-refractivity contribution is 5.27. The molecule has 0 spiro atoms. The molecule has 0 radical (unpaired) electrons. The summed E-state index contributed by atoms with van der Waals surface area (Å²) in [5.41, 5.74) is 3.42. The lowest BCUT2D eigenvalue weighted by Crippen LogP contribution is -2.05. The van der Waals surface area contributed by atoms with Crippen LogP contribution in [0.5, 0.6) is 5.75 Å². The molecule has 0 aliphatic heterocycles. The van der Waals surface area contributed by atoms with Crippen LogP contribution in [0.4, 0.5) is 0 Å². The van der Waals surface area contributed by atoms with Gasteiger partial charge in [-0.05, 0) is 44.9 Å². The molecule has 20 heavy (non-hydrogen) atoms. The molecule has 2 aromatic rings. The molecule has 1 heterocycles. The van der Waals surface area contributed by atoms with Crippen molar-refractivity contribution >= 4 is 0 Å². The lowest BCUT2D eigenvalue weighted by molar-refractivity contribution is 0.340. The molecule has 110 valence electrons. The highest BCUT2D eigenvalue weighted by Crippen LogP contribution is 2.13. The summed E-state index contributed by atoms with van der Waals surface area (Å²) in [6, 6.07) is 8.23. The number of aryl methyl sites for hydroxylation is 3. The molecular weight excluding hydrogens is 250 g/mol. The molecule has 0 aliphatic carbocycles. The molecule has 0 N–H and O–H groups in total. The number of ether oxygens (including phenoxy) is 1. The highest BCUT2D eigenvalue weighted by atomic mass is 16.5. The molecule has 0 unspecified atom stereocenters. The Morgan fingerprint density at radius 2 is 1.75 bits per heavy atom. The second-order valence-electron chi connectivity index (χ2n) is 4.31. The fraction of sp³-hybridized carbons (Fsp3) is 0.500. The van der Waals surface area contributed by atoms with E-state index in [0.717, 1.165) is 30.1 Å². The minimum absolute atomic E-state index is 0.705. The molecule has 4 heteroatoms. The Morgan fingerprint density at radius 1 is 1.10 bits per heavy atom. The van der Waals surface area contributed by atoms with Gasteiger partial charge in [0.2, 0.25) is 0 Å². The zero-order chi connectivity index (χ0) is 15.0. The molecule has 1 aromatic heterocycles. The van der Waals surface area contributed by atoms with Crippen LogP contribution in [0.15, 0.2) is 24.3 Å². The van der Waals surface area contributed by atoms with Crippen molar-refractivity contribution in [1.29, 1.82) is 0 Å². The van der Waals surface area contributed by atoms with Crippen LogP contribution in [0.25, 0.3) is 0 Å². The Balaban J connectivity index is 0.000000956. The monoisotopic (exact) mass is 275 g/mol. The Kier molecular flexibility index (Phi) is 6.77. The number of aromatic nitrogens is 3. The molecule has 4 nitrogen and oxygen atoms in total. The van der Waals surface area contributed by atoms with Gasteiger partial charge in [0.05, 0.1) is 18.0 Å². The van der Waals surface area contributed by atoms with E-state index in [4.69, 9.17) is 4.74 Å². The van der Waals surface area contributed by atoms with Crippen LogP contribution in [0.2, 0.25) is 0 Å². The van der Waals surface area contributed by atoms with Crippen LogP contribution < -0.4 is 4.74 Å². The third-order valence-electron chi connectivity index (χ3n) is 3.06. The Labute approximate surface area is 121 Å². The maximum absolute atomic E-state index is 5.42. The highest BCUT2D eigenvalue weighted by Gasteiger charge is 2.03. The molecule has 0 aliphatic rings. The van der Waals surface area contributed by atoms with Crippen LogP contribution in [0, 0.1) is 13.8 Å². The summed E-state index contributed by atoms with van der Waals surface area (Å²) in [7, 11) is 0. The van der Waals surface area contributed by atoms with Gasteiger partial charge in [0, 0.05) is 6.54 Å². The van der Waals surface area contributed by atoms with E-state index < -0.39 is 0 Å². The summed E-state index contributed by atoms with van der Waals surface area (Å²) in [5.74, 6) is 0.925. The summed E-state index contributed by atoms with van der Waals surface area (Å²) in [4.78, 5) is 0. The quantitative estimate of drug-likeness (QED) is 0.837. The number of hydrogen-bond donors (Lipinski definition) is 0. The molecular formula is C16H25N3O. The van der Waals surface area contributed by atoms with Crippen LogP contribution in [0.3, 0.4) is 0 Å². The van der Waals surface area contributed by atoms with Gasteiger partial charge in [-0.2, -0.15) is 0 Å². The van der Waals surface area contributed by atoms with Crippen LogP contribution >= 0.6 is 0 Å². The lowest BCUT2D eigenvalue weighted by atomic mass is 10.1. The van der Waals surface area contributed by atoms with E-state index in [1.807, 2.05) is 51.4 Å². The standard InChI is InChI=1S/C14H19N3O.C2H6/c1-4-18-14-7-5-13(6-8-14)9-10-17-12(3)11(2)15-16-17;1-2/h5-8H,4,9-10H2,1-3H3;1-2H3. The second kappa shape index (κ2) is 8.35. The number of benzene rings is 1. The number of rotatable bonds is 5. The minimum Gasteiger partial charge on any atom is -0.494 e. The maximum atomic E-state index is 5.42. The van der Waals surface area contributed by atoms with Crippen molar-refractivity contribution in [2.75, 3.05) is 6.61 Å². The van der Waals surface area contributed by atoms with Crippen molar-refractivity contribution in [2.45, 2.75) is 47.6 Å². The largest absolute Gasteiger partial charge is 0.494 e. The first-order chi connectivity index (χ1) is 9.70. The molecule has 0 amide bonds. The van der Waals surface area contributed by atoms with E-state index >= 15 is 0 Å². The second-order valence-corrected chi connectivity index (χ2v) is 4.31. The fourth-order valence-corrected chi connectivity index (χ4v) is 1.81. The molecule has 1 aromatic carbocycles. The Hall–Kier alpha value is -1.84. The lowest BCUT2D eigenvalue weighted by Gasteiger charge is -2.06. The first-order valence-corrected chi connectivity index (χ1v) is 7.29. The van der Waals surface area contributed by atoms with Gasteiger partial charge in [0.1, 0.15) is 5.75 Å².